The van der Waals surface area contributed by atoms with Crippen molar-refractivity contribution in [3.05, 3.63) is 6.92 Å². The van der Waals surface area contributed by atoms with Gasteiger partial charge in [0.1, 0.15) is 0 Å². The van der Waals surface area contributed by atoms with Crippen molar-refractivity contribution in [1.82, 2.24) is 0 Å². The Morgan fingerprint density at radius 1 is 0.929 bits per heavy atom. The van der Waals surface area contributed by atoms with Crippen LogP contribution in [-0.4, -0.2) is 0 Å². The van der Waals surface area contributed by atoms with Crippen molar-refractivity contribution < 1.29 is 0 Å². The zero-order chi connectivity index (χ0) is 10.2. The normalized spacial score (nSPS) is 22.5. The predicted octanol–water partition coefficient (Wildman–Crippen LogP) is 4.99. The fraction of sp³-hybridized carbons (Fsp3) is 0.929. The second kappa shape index (κ2) is 7.31. The van der Waals surface area contributed by atoms with Crippen LogP contribution >= 0.6 is 0 Å². The Kier molecular flexibility index (Phi) is 6.31. The maximum absolute atomic E-state index is 4.13. The summed E-state index contributed by atoms with van der Waals surface area (Å²) in [5.41, 5.74) is 0. The van der Waals surface area contributed by atoms with Crippen molar-refractivity contribution in [1.29, 1.82) is 0 Å². The summed E-state index contributed by atoms with van der Waals surface area (Å²) in [5.74, 6) is 1.64. The van der Waals surface area contributed by atoms with E-state index in [0.717, 1.165) is 5.92 Å². The molecule has 1 aliphatic carbocycles. The third-order valence-electron chi connectivity index (χ3n) is 3.46. The smallest absolute Gasteiger partial charge is 0.0412 e. The van der Waals surface area contributed by atoms with Crippen LogP contribution in [0.25, 0.3) is 0 Å². The molecule has 83 valence electrons. The average molecular weight is 195 g/mol. The van der Waals surface area contributed by atoms with Gasteiger partial charge in [0.25, 0.3) is 0 Å². The molecule has 0 aliphatic heterocycles. The first-order valence-corrected chi connectivity index (χ1v) is 6.62. The quantitative estimate of drug-likeness (QED) is 0.582. The van der Waals surface area contributed by atoms with E-state index in [2.05, 4.69) is 13.8 Å². The van der Waals surface area contributed by atoms with E-state index in [4.69, 9.17) is 0 Å². The van der Waals surface area contributed by atoms with Crippen molar-refractivity contribution >= 4 is 0 Å². The Morgan fingerprint density at radius 2 is 1.36 bits per heavy atom. The summed E-state index contributed by atoms with van der Waals surface area (Å²) >= 11 is 0. The maximum atomic E-state index is 4.13. The third-order valence-corrected chi connectivity index (χ3v) is 3.46. The molecule has 0 amide bonds. The summed E-state index contributed by atoms with van der Waals surface area (Å²) in [6.07, 6.45) is 14.6. The topological polar surface area (TPSA) is 0 Å². The molecular formula is C14H27. The molecule has 0 heterocycles. The number of rotatable bonds is 2. The van der Waals surface area contributed by atoms with E-state index in [-0.39, 0.29) is 0 Å². The van der Waals surface area contributed by atoms with E-state index < -0.39 is 0 Å². The van der Waals surface area contributed by atoms with Gasteiger partial charge in [-0.25, -0.2) is 0 Å². The highest BCUT2D eigenvalue weighted by atomic mass is 14.2. The van der Waals surface area contributed by atoms with Crippen LogP contribution in [0.4, 0.5) is 0 Å². The summed E-state index contributed by atoms with van der Waals surface area (Å²) in [7, 11) is 0. The summed E-state index contributed by atoms with van der Waals surface area (Å²) in [5, 5.41) is 0. The zero-order valence-electron chi connectivity index (χ0n) is 9.93. The zero-order valence-corrected chi connectivity index (χ0v) is 9.93. The minimum Gasteiger partial charge on any atom is -0.0625 e. The molecule has 1 rings (SSSR count). The van der Waals surface area contributed by atoms with E-state index in [0.29, 0.717) is 5.92 Å². The van der Waals surface area contributed by atoms with Gasteiger partial charge in [-0.2, -0.15) is 0 Å². The van der Waals surface area contributed by atoms with E-state index in [1.54, 1.807) is 0 Å². The second-order valence-corrected chi connectivity index (χ2v) is 5.26. The summed E-state index contributed by atoms with van der Waals surface area (Å²) in [6, 6.07) is 0. The Labute approximate surface area is 90.5 Å². The Balaban J connectivity index is 2.23. The van der Waals surface area contributed by atoms with Gasteiger partial charge < -0.3 is 0 Å². The van der Waals surface area contributed by atoms with Gasteiger partial charge >= 0.3 is 0 Å². The summed E-state index contributed by atoms with van der Waals surface area (Å²) < 4.78 is 0. The minimum absolute atomic E-state index is 0.656. The molecule has 0 aromatic rings. The molecule has 0 heteroatoms. The number of hydrogen-bond donors (Lipinski definition) is 0. The van der Waals surface area contributed by atoms with Gasteiger partial charge in [-0.1, -0.05) is 71.6 Å². The molecule has 1 atom stereocenters. The largest absolute Gasteiger partial charge is 0.0625 e. The SMILES string of the molecule is [CH2]C(C)CC1CCCCCCCCC1. The Hall–Kier alpha value is 0. The predicted molar refractivity (Wildman–Crippen MR) is 64.2 cm³/mol. The summed E-state index contributed by atoms with van der Waals surface area (Å²) in [4.78, 5) is 0. The van der Waals surface area contributed by atoms with Crippen molar-refractivity contribution in [2.75, 3.05) is 0 Å². The van der Waals surface area contributed by atoms with Gasteiger partial charge in [-0.05, 0) is 18.3 Å². The maximum Gasteiger partial charge on any atom is -0.0412 e. The fourth-order valence-corrected chi connectivity index (χ4v) is 2.70. The van der Waals surface area contributed by atoms with E-state index >= 15 is 0 Å². The van der Waals surface area contributed by atoms with Crippen LogP contribution in [0.15, 0.2) is 0 Å². The minimum atomic E-state index is 0.656. The van der Waals surface area contributed by atoms with Gasteiger partial charge in [0.05, 0.1) is 0 Å². The monoisotopic (exact) mass is 195 g/mol. The van der Waals surface area contributed by atoms with Crippen LogP contribution in [0.5, 0.6) is 0 Å². The lowest BCUT2D eigenvalue weighted by Gasteiger charge is -2.20. The highest BCUT2D eigenvalue weighted by Gasteiger charge is 2.11. The number of hydrogen-bond acceptors (Lipinski definition) is 0. The first kappa shape index (κ1) is 12.1. The van der Waals surface area contributed by atoms with Crippen LogP contribution in [0.2, 0.25) is 0 Å². The second-order valence-electron chi connectivity index (χ2n) is 5.26. The van der Waals surface area contributed by atoms with E-state index in [1.807, 2.05) is 0 Å². The highest BCUT2D eigenvalue weighted by Crippen LogP contribution is 2.26. The van der Waals surface area contributed by atoms with Crippen molar-refractivity contribution in [3.8, 4) is 0 Å². The molecule has 1 radical (unpaired) electrons. The van der Waals surface area contributed by atoms with Crippen molar-refractivity contribution in [3.63, 3.8) is 0 Å². The molecule has 0 spiro atoms. The van der Waals surface area contributed by atoms with Gasteiger partial charge in [-0.3, -0.25) is 0 Å². The standard InChI is InChI=1S/C14H27/c1-13(2)12-14-10-8-6-4-3-5-7-9-11-14/h13-14H,1,3-12H2,2H3. The van der Waals surface area contributed by atoms with Crippen molar-refractivity contribution in [2.24, 2.45) is 11.8 Å². The Morgan fingerprint density at radius 3 is 1.79 bits per heavy atom. The van der Waals surface area contributed by atoms with Gasteiger partial charge in [0, 0.05) is 0 Å². The fourth-order valence-electron chi connectivity index (χ4n) is 2.70. The van der Waals surface area contributed by atoms with Gasteiger partial charge in [0.2, 0.25) is 0 Å². The molecule has 1 saturated carbocycles. The molecule has 0 N–H and O–H groups in total. The Bertz CT molecular complexity index is 116. The lowest BCUT2D eigenvalue weighted by Crippen LogP contribution is -2.06. The molecule has 1 aliphatic rings. The molecule has 1 fully saturated rings. The lowest BCUT2D eigenvalue weighted by molar-refractivity contribution is 0.342. The molecule has 0 bridgehead atoms. The van der Waals surface area contributed by atoms with Crippen LogP contribution in [0.1, 0.15) is 71.1 Å². The van der Waals surface area contributed by atoms with Crippen LogP contribution < -0.4 is 0 Å². The van der Waals surface area contributed by atoms with Gasteiger partial charge in [0.15, 0.2) is 0 Å². The van der Waals surface area contributed by atoms with Crippen LogP contribution in [0.3, 0.4) is 0 Å². The highest BCUT2D eigenvalue weighted by molar-refractivity contribution is 4.66. The molecule has 0 saturated heterocycles. The van der Waals surface area contributed by atoms with E-state index in [1.165, 1.54) is 64.2 Å². The van der Waals surface area contributed by atoms with Gasteiger partial charge in [-0.15, -0.1) is 0 Å². The third kappa shape index (κ3) is 5.67. The summed E-state index contributed by atoms with van der Waals surface area (Å²) in [6.45, 7) is 6.39. The molecule has 0 nitrogen and oxygen atoms in total. The first-order valence-electron chi connectivity index (χ1n) is 6.62. The average Bonchev–Trinajstić information content (AvgIpc) is 2.15. The van der Waals surface area contributed by atoms with Crippen LogP contribution in [0, 0.1) is 18.8 Å². The van der Waals surface area contributed by atoms with Crippen molar-refractivity contribution in [2.45, 2.75) is 71.1 Å². The molecular weight excluding hydrogens is 168 g/mol. The molecule has 0 aromatic heterocycles. The first-order chi connectivity index (χ1) is 6.79. The van der Waals surface area contributed by atoms with Crippen LogP contribution in [-0.2, 0) is 0 Å². The van der Waals surface area contributed by atoms with E-state index in [9.17, 15) is 0 Å². The lowest BCUT2D eigenvalue weighted by atomic mass is 9.86. The molecule has 14 heavy (non-hydrogen) atoms. The molecule has 0 aromatic carbocycles. The molecule has 1 unspecified atom stereocenters.